The second-order valence-electron chi connectivity index (χ2n) is 5.98. The van der Waals surface area contributed by atoms with Gasteiger partial charge >= 0.3 is 13.3 Å². The molecule has 1 aliphatic heterocycles. The first-order valence-electron chi connectivity index (χ1n) is 6.30. The molecule has 1 aliphatic rings. The number of alkyl halides is 3. The summed E-state index contributed by atoms with van der Waals surface area (Å²) in [4.78, 5) is 0. The second kappa shape index (κ2) is 4.61. The molecule has 1 aromatic rings. The van der Waals surface area contributed by atoms with Gasteiger partial charge in [-0.05, 0) is 39.8 Å². The minimum Gasteiger partial charge on any atom is -0.505 e. The van der Waals surface area contributed by atoms with Crippen LogP contribution in [0.3, 0.4) is 0 Å². The highest BCUT2D eigenvalue weighted by atomic mass is 19.4. The molecule has 1 fully saturated rings. The van der Waals surface area contributed by atoms with Crippen molar-refractivity contribution in [1.82, 2.24) is 0 Å². The summed E-state index contributed by atoms with van der Waals surface area (Å²) in [6.07, 6.45) is -4.73. The van der Waals surface area contributed by atoms with Gasteiger partial charge in [-0.3, -0.25) is 0 Å². The number of benzene rings is 1. The minimum atomic E-state index is -4.73. The van der Waals surface area contributed by atoms with Gasteiger partial charge in [0.2, 0.25) is 0 Å². The van der Waals surface area contributed by atoms with Crippen LogP contribution < -0.4 is 5.46 Å². The third kappa shape index (κ3) is 2.74. The largest absolute Gasteiger partial charge is 0.505 e. The van der Waals surface area contributed by atoms with Gasteiger partial charge in [0.25, 0.3) is 0 Å². The summed E-state index contributed by atoms with van der Waals surface area (Å²) in [6.45, 7) is 6.81. The number of aromatic hydroxyl groups is 1. The SMILES string of the molecule is CC1(C)OB(c2cc(C(F)(F)F)cc(F)c2O)OC1(C)C. The summed E-state index contributed by atoms with van der Waals surface area (Å²) in [5, 5.41) is 9.69. The van der Waals surface area contributed by atoms with Gasteiger partial charge in [0.15, 0.2) is 11.6 Å². The van der Waals surface area contributed by atoms with Crippen molar-refractivity contribution in [3.8, 4) is 5.75 Å². The predicted molar refractivity (Wildman–Crippen MR) is 68.8 cm³/mol. The van der Waals surface area contributed by atoms with Crippen LogP contribution in [0, 0.1) is 5.82 Å². The molecule has 0 radical (unpaired) electrons. The molecular weight excluding hydrogens is 291 g/mol. The van der Waals surface area contributed by atoms with Crippen LogP contribution in [0.25, 0.3) is 0 Å². The van der Waals surface area contributed by atoms with Crippen molar-refractivity contribution in [2.24, 2.45) is 0 Å². The van der Waals surface area contributed by atoms with Crippen molar-refractivity contribution in [2.75, 3.05) is 0 Å². The molecule has 0 saturated carbocycles. The first-order chi connectivity index (χ1) is 9.35. The number of phenolic OH excluding ortho intramolecular Hbond substituents is 1. The van der Waals surface area contributed by atoms with E-state index in [4.69, 9.17) is 9.31 Å². The fraction of sp³-hybridized carbons (Fsp3) is 0.538. The lowest BCUT2D eigenvalue weighted by Crippen LogP contribution is -2.41. The van der Waals surface area contributed by atoms with Gasteiger partial charge in [-0.25, -0.2) is 4.39 Å². The van der Waals surface area contributed by atoms with Gasteiger partial charge in [0, 0.05) is 5.46 Å². The van der Waals surface area contributed by atoms with Crippen LogP contribution in [-0.4, -0.2) is 23.4 Å². The van der Waals surface area contributed by atoms with E-state index in [1.54, 1.807) is 27.7 Å². The van der Waals surface area contributed by atoms with Gasteiger partial charge in [-0.1, -0.05) is 0 Å². The minimum absolute atomic E-state index is 0.240. The second-order valence-corrected chi connectivity index (χ2v) is 5.98. The Labute approximate surface area is 120 Å². The summed E-state index contributed by atoms with van der Waals surface area (Å²) in [5.74, 6) is -2.27. The molecule has 3 nitrogen and oxygen atoms in total. The van der Waals surface area contributed by atoms with Gasteiger partial charge in [-0.2, -0.15) is 13.2 Å². The van der Waals surface area contributed by atoms with E-state index in [0.29, 0.717) is 6.07 Å². The molecule has 0 aliphatic carbocycles. The fourth-order valence-electron chi connectivity index (χ4n) is 1.93. The summed E-state index contributed by atoms with van der Waals surface area (Å²) >= 11 is 0. The monoisotopic (exact) mass is 306 g/mol. The normalized spacial score (nSPS) is 20.9. The van der Waals surface area contributed by atoms with E-state index in [2.05, 4.69) is 0 Å². The lowest BCUT2D eigenvalue weighted by atomic mass is 9.77. The maximum atomic E-state index is 13.5. The maximum absolute atomic E-state index is 13.5. The van der Waals surface area contributed by atoms with Crippen molar-refractivity contribution in [1.29, 1.82) is 0 Å². The van der Waals surface area contributed by atoms with Crippen LogP contribution in [0.15, 0.2) is 12.1 Å². The van der Waals surface area contributed by atoms with Gasteiger partial charge in [0.05, 0.1) is 16.8 Å². The van der Waals surface area contributed by atoms with Crippen molar-refractivity contribution >= 4 is 12.6 Å². The summed E-state index contributed by atoms with van der Waals surface area (Å²) in [5.41, 5.74) is -3.20. The Morgan fingerprint density at radius 2 is 1.52 bits per heavy atom. The smallest absolute Gasteiger partial charge is 0.498 e. The van der Waals surface area contributed by atoms with E-state index in [1.807, 2.05) is 0 Å². The molecule has 0 aromatic heterocycles. The number of hydrogen-bond donors (Lipinski definition) is 1. The highest BCUT2D eigenvalue weighted by Crippen LogP contribution is 2.38. The molecule has 0 unspecified atom stereocenters. The van der Waals surface area contributed by atoms with Crippen molar-refractivity contribution in [2.45, 2.75) is 45.1 Å². The average molecular weight is 306 g/mol. The van der Waals surface area contributed by atoms with Crippen LogP contribution in [0.2, 0.25) is 0 Å². The van der Waals surface area contributed by atoms with Crippen LogP contribution in [0.4, 0.5) is 17.6 Å². The topological polar surface area (TPSA) is 38.7 Å². The molecule has 0 atom stereocenters. The standard InChI is InChI=1S/C13H15BF4O3/c1-11(2)12(3,4)21-14(20-11)8-5-7(13(16,17)18)6-9(15)10(8)19/h5-6,19H,1-4H3. The average Bonchev–Trinajstić information content (AvgIpc) is 2.50. The zero-order valence-corrected chi connectivity index (χ0v) is 12.0. The third-order valence-electron chi connectivity index (χ3n) is 3.93. The molecule has 21 heavy (non-hydrogen) atoms. The lowest BCUT2D eigenvalue weighted by Gasteiger charge is -2.32. The molecular formula is C13H15BF4O3. The van der Waals surface area contributed by atoms with Crippen LogP contribution in [0.5, 0.6) is 5.75 Å². The van der Waals surface area contributed by atoms with Crippen molar-refractivity contribution in [3.05, 3.63) is 23.5 Å². The first-order valence-corrected chi connectivity index (χ1v) is 6.30. The molecule has 116 valence electrons. The summed E-state index contributed by atoms with van der Waals surface area (Å²) in [7, 11) is -1.27. The van der Waals surface area contributed by atoms with Crippen LogP contribution >= 0.6 is 0 Å². The first kappa shape index (κ1) is 16.1. The Kier molecular flexibility index (Phi) is 3.53. The number of hydrogen-bond acceptors (Lipinski definition) is 3. The quantitative estimate of drug-likeness (QED) is 0.640. The van der Waals surface area contributed by atoms with Gasteiger partial charge in [-0.15, -0.1) is 0 Å². The van der Waals surface area contributed by atoms with Crippen molar-refractivity contribution in [3.63, 3.8) is 0 Å². The van der Waals surface area contributed by atoms with E-state index in [-0.39, 0.29) is 11.5 Å². The number of halogens is 4. The Morgan fingerprint density at radius 3 is 1.95 bits per heavy atom. The molecule has 1 N–H and O–H groups in total. The molecule has 8 heteroatoms. The molecule has 2 rings (SSSR count). The summed E-state index contributed by atoms with van der Waals surface area (Å²) < 4.78 is 62.8. The highest BCUT2D eigenvalue weighted by molar-refractivity contribution is 6.63. The van der Waals surface area contributed by atoms with E-state index >= 15 is 0 Å². The predicted octanol–water partition coefficient (Wildman–Crippen LogP) is 2.85. The Morgan fingerprint density at radius 1 is 1.05 bits per heavy atom. The van der Waals surface area contributed by atoms with E-state index in [1.165, 1.54) is 0 Å². The summed E-state index contributed by atoms with van der Waals surface area (Å²) in [6, 6.07) is 0.880. The van der Waals surface area contributed by atoms with Gasteiger partial charge < -0.3 is 14.4 Å². The fourth-order valence-corrected chi connectivity index (χ4v) is 1.93. The zero-order chi connectivity index (χ0) is 16.2. The number of phenols is 1. The Bertz CT molecular complexity index is 553. The highest BCUT2D eigenvalue weighted by Gasteiger charge is 2.53. The maximum Gasteiger partial charge on any atom is 0.498 e. The van der Waals surface area contributed by atoms with E-state index < -0.39 is 41.6 Å². The van der Waals surface area contributed by atoms with E-state index in [0.717, 1.165) is 0 Å². The van der Waals surface area contributed by atoms with Crippen LogP contribution in [-0.2, 0) is 15.5 Å². The number of rotatable bonds is 1. The molecule has 0 amide bonds. The molecule has 1 aromatic carbocycles. The van der Waals surface area contributed by atoms with Crippen molar-refractivity contribution < 1.29 is 32.0 Å². The van der Waals surface area contributed by atoms with Crippen LogP contribution in [0.1, 0.15) is 33.3 Å². The molecule has 0 bridgehead atoms. The Hall–Kier alpha value is -1.28. The zero-order valence-electron chi connectivity index (χ0n) is 12.0. The molecule has 1 saturated heterocycles. The Balaban J connectivity index is 2.48. The molecule has 1 heterocycles. The molecule has 0 spiro atoms. The van der Waals surface area contributed by atoms with Gasteiger partial charge in [0.1, 0.15) is 0 Å². The van der Waals surface area contributed by atoms with E-state index in [9.17, 15) is 22.7 Å². The third-order valence-corrected chi connectivity index (χ3v) is 3.93. The lowest BCUT2D eigenvalue weighted by molar-refractivity contribution is -0.137.